The zero-order chi connectivity index (χ0) is 22.4. The third-order valence-corrected chi connectivity index (χ3v) is 6.59. The molecule has 5 aromatic rings. The topological polar surface area (TPSA) is 65.6 Å². The monoisotopic (exact) mass is 425 g/mol. The van der Waals surface area contributed by atoms with E-state index in [2.05, 4.69) is 45.0 Å². The van der Waals surface area contributed by atoms with Gasteiger partial charge in [-0.3, -0.25) is 13.9 Å². The molecule has 0 aliphatic heterocycles. The summed E-state index contributed by atoms with van der Waals surface area (Å²) in [5.74, 6) is 0.492. The predicted octanol–water partition coefficient (Wildman–Crippen LogP) is 5.77. The van der Waals surface area contributed by atoms with Gasteiger partial charge in [-0.1, -0.05) is 45.0 Å². The van der Waals surface area contributed by atoms with Gasteiger partial charge in [-0.2, -0.15) is 0 Å². The molecule has 0 amide bonds. The van der Waals surface area contributed by atoms with E-state index in [1.807, 2.05) is 35.8 Å². The van der Waals surface area contributed by atoms with Gasteiger partial charge in [-0.15, -0.1) is 0 Å². The minimum atomic E-state index is -0.0751. The van der Waals surface area contributed by atoms with Gasteiger partial charge in [0.05, 0.1) is 11.0 Å². The minimum absolute atomic E-state index is 0.0565. The second-order valence-electron chi connectivity index (χ2n) is 8.53. The molecule has 3 heterocycles. The van der Waals surface area contributed by atoms with Crippen LogP contribution in [0.1, 0.15) is 58.1 Å². The molecular weight excluding hydrogens is 398 g/mol. The van der Waals surface area contributed by atoms with Crippen LogP contribution in [0.15, 0.2) is 59.7 Å². The molecule has 6 nitrogen and oxygen atoms in total. The number of para-hydroxylation sites is 2. The normalized spacial score (nSPS) is 13.8. The number of aromatic nitrogens is 5. The lowest BCUT2D eigenvalue weighted by molar-refractivity contribution is 0.510. The van der Waals surface area contributed by atoms with Crippen molar-refractivity contribution in [2.75, 3.05) is 0 Å². The lowest BCUT2D eigenvalue weighted by Crippen LogP contribution is -2.23. The van der Waals surface area contributed by atoms with Gasteiger partial charge in [0.2, 0.25) is 0 Å². The molecule has 6 heteroatoms. The molecule has 0 bridgehead atoms. The van der Waals surface area contributed by atoms with Crippen molar-refractivity contribution in [1.29, 1.82) is 0 Å². The Morgan fingerprint density at radius 3 is 2.22 bits per heavy atom. The third-order valence-electron chi connectivity index (χ3n) is 6.59. The van der Waals surface area contributed by atoms with E-state index in [9.17, 15) is 4.79 Å². The van der Waals surface area contributed by atoms with Crippen molar-refractivity contribution < 1.29 is 0 Å². The molecule has 32 heavy (non-hydrogen) atoms. The Bertz CT molecular complexity index is 1500. The first-order chi connectivity index (χ1) is 15.5. The van der Waals surface area contributed by atoms with Crippen molar-refractivity contribution in [2.45, 2.75) is 52.5 Å². The summed E-state index contributed by atoms with van der Waals surface area (Å²) in [7, 11) is 0. The second kappa shape index (κ2) is 7.86. The maximum atomic E-state index is 13.5. The van der Waals surface area contributed by atoms with Crippen LogP contribution in [-0.4, -0.2) is 24.1 Å². The van der Waals surface area contributed by atoms with Crippen LogP contribution >= 0.6 is 0 Å². The molecule has 0 saturated heterocycles. The van der Waals surface area contributed by atoms with Gasteiger partial charge < -0.3 is 0 Å². The Morgan fingerprint density at radius 1 is 0.875 bits per heavy atom. The van der Waals surface area contributed by atoms with Crippen molar-refractivity contribution in [1.82, 2.24) is 24.1 Å². The average molecular weight is 426 g/mol. The van der Waals surface area contributed by atoms with Crippen molar-refractivity contribution in [3.05, 3.63) is 70.8 Å². The summed E-state index contributed by atoms with van der Waals surface area (Å²) in [6, 6.07) is 16.3. The number of nitrogens with zero attached hydrogens (tertiary/aromatic N) is 5. The Hall–Kier alpha value is -3.54. The first-order valence-electron chi connectivity index (χ1n) is 11.3. The Labute approximate surface area is 186 Å². The molecule has 3 aromatic heterocycles. The van der Waals surface area contributed by atoms with E-state index in [-0.39, 0.29) is 11.6 Å². The predicted molar refractivity (Wildman–Crippen MR) is 130 cm³/mol. The Morgan fingerprint density at radius 2 is 1.56 bits per heavy atom. The van der Waals surface area contributed by atoms with Gasteiger partial charge in [-0.05, 0) is 55.5 Å². The van der Waals surface area contributed by atoms with Crippen LogP contribution in [0.5, 0.6) is 0 Å². The maximum Gasteiger partial charge on any atom is 0.265 e. The van der Waals surface area contributed by atoms with E-state index in [1.54, 1.807) is 10.9 Å². The van der Waals surface area contributed by atoms with Gasteiger partial charge >= 0.3 is 0 Å². The molecule has 0 unspecified atom stereocenters. The molecule has 2 atom stereocenters. The standard InChI is InChI=1S/C26H27N5O/c1-5-16(3)18-11-13-19(14-12-18)31-24-22(26(32)30(15-27-24)17(4)6-2)23-25(31)29-21-10-8-7-9-20(21)28-23/h7-17H,5-6H2,1-4H3/t16-,17-/m1/s1. The second-order valence-corrected chi connectivity index (χ2v) is 8.53. The van der Waals surface area contributed by atoms with Crippen LogP contribution in [0.4, 0.5) is 0 Å². The summed E-state index contributed by atoms with van der Waals surface area (Å²) in [4.78, 5) is 28.1. The van der Waals surface area contributed by atoms with E-state index in [1.165, 1.54) is 5.56 Å². The number of rotatable bonds is 5. The van der Waals surface area contributed by atoms with E-state index >= 15 is 0 Å². The quantitative estimate of drug-likeness (QED) is 0.359. The highest BCUT2D eigenvalue weighted by Crippen LogP contribution is 2.29. The lowest BCUT2D eigenvalue weighted by atomic mass is 9.99. The van der Waals surface area contributed by atoms with Crippen LogP contribution in [0, 0.1) is 0 Å². The fourth-order valence-electron chi connectivity index (χ4n) is 4.19. The zero-order valence-electron chi connectivity index (χ0n) is 18.9. The summed E-state index contributed by atoms with van der Waals surface area (Å²) in [5, 5.41) is 0.520. The smallest absolute Gasteiger partial charge is 0.265 e. The van der Waals surface area contributed by atoms with E-state index in [0.29, 0.717) is 28.1 Å². The fourth-order valence-corrected chi connectivity index (χ4v) is 4.19. The van der Waals surface area contributed by atoms with Crippen LogP contribution in [0.2, 0.25) is 0 Å². The number of hydrogen-bond acceptors (Lipinski definition) is 4. The molecule has 0 N–H and O–H groups in total. The van der Waals surface area contributed by atoms with E-state index in [0.717, 1.165) is 29.6 Å². The summed E-state index contributed by atoms with van der Waals surface area (Å²) in [5.41, 5.74) is 5.55. The first kappa shape index (κ1) is 20.4. The van der Waals surface area contributed by atoms with Crippen molar-refractivity contribution in [3.8, 4) is 5.69 Å². The van der Waals surface area contributed by atoms with Gasteiger partial charge in [0, 0.05) is 11.7 Å². The zero-order valence-corrected chi connectivity index (χ0v) is 18.9. The van der Waals surface area contributed by atoms with Crippen LogP contribution in [0.25, 0.3) is 38.9 Å². The van der Waals surface area contributed by atoms with Gasteiger partial charge in [0.1, 0.15) is 17.2 Å². The average Bonchev–Trinajstić information content (AvgIpc) is 3.15. The minimum Gasteiger partial charge on any atom is -0.296 e. The molecule has 0 saturated carbocycles. The van der Waals surface area contributed by atoms with Crippen molar-refractivity contribution in [2.24, 2.45) is 0 Å². The lowest BCUT2D eigenvalue weighted by Gasteiger charge is -2.13. The largest absolute Gasteiger partial charge is 0.296 e. The highest BCUT2D eigenvalue weighted by atomic mass is 16.1. The number of hydrogen-bond donors (Lipinski definition) is 0. The molecule has 2 aromatic carbocycles. The molecular formula is C26H27N5O. The Kier molecular flexibility index (Phi) is 5.00. The molecule has 162 valence electrons. The SMILES string of the molecule is CC[C@@H](C)c1ccc(-n2c3nc4ccccc4nc3c3c(=O)n([C@H](C)CC)cnc32)cc1. The molecule has 0 aliphatic carbocycles. The number of benzene rings is 2. The van der Waals surface area contributed by atoms with E-state index in [4.69, 9.17) is 15.0 Å². The first-order valence-corrected chi connectivity index (χ1v) is 11.3. The highest BCUT2D eigenvalue weighted by molar-refractivity contribution is 6.05. The van der Waals surface area contributed by atoms with Gasteiger partial charge in [-0.25, -0.2) is 15.0 Å². The van der Waals surface area contributed by atoms with Crippen LogP contribution < -0.4 is 5.56 Å². The highest BCUT2D eigenvalue weighted by Gasteiger charge is 2.21. The molecule has 5 rings (SSSR count). The summed E-state index contributed by atoms with van der Waals surface area (Å²) >= 11 is 0. The van der Waals surface area contributed by atoms with Gasteiger partial charge in [0.25, 0.3) is 5.56 Å². The van der Waals surface area contributed by atoms with Gasteiger partial charge in [0.15, 0.2) is 11.3 Å². The summed E-state index contributed by atoms with van der Waals surface area (Å²) in [6.07, 6.45) is 3.59. The van der Waals surface area contributed by atoms with Crippen molar-refractivity contribution >= 4 is 33.2 Å². The fraction of sp³-hybridized carbons (Fsp3) is 0.308. The van der Waals surface area contributed by atoms with E-state index < -0.39 is 0 Å². The molecule has 0 fully saturated rings. The van der Waals surface area contributed by atoms with Crippen molar-refractivity contribution in [3.63, 3.8) is 0 Å². The Balaban J connectivity index is 1.87. The third kappa shape index (κ3) is 3.09. The molecule has 0 spiro atoms. The maximum absolute atomic E-state index is 13.5. The molecule has 0 aliphatic rings. The van der Waals surface area contributed by atoms with Crippen LogP contribution in [-0.2, 0) is 0 Å². The summed E-state index contributed by atoms with van der Waals surface area (Å²) < 4.78 is 3.67. The molecule has 0 radical (unpaired) electrons. The van der Waals surface area contributed by atoms with Crippen LogP contribution in [0.3, 0.4) is 0 Å². The number of fused-ring (bicyclic) bond motifs is 4. The summed E-state index contributed by atoms with van der Waals surface area (Å²) in [6.45, 7) is 8.52.